The van der Waals surface area contributed by atoms with Gasteiger partial charge in [-0.2, -0.15) is 0 Å². The van der Waals surface area contributed by atoms with Crippen LogP contribution in [0.1, 0.15) is 25.5 Å². The Balaban J connectivity index is 1.80. The molecule has 1 fully saturated rings. The van der Waals surface area contributed by atoms with E-state index < -0.39 is 0 Å². The van der Waals surface area contributed by atoms with Crippen molar-refractivity contribution < 1.29 is 0 Å². The number of hydrogen-bond donors (Lipinski definition) is 1. The van der Waals surface area contributed by atoms with Gasteiger partial charge in [-0.3, -0.25) is 0 Å². The number of hydrogen-bond acceptors (Lipinski definition) is 3. The van der Waals surface area contributed by atoms with Crippen molar-refractivity contribution in [2.45, 2.75) is 26.7 Å². The van der Waals surface area contributed by atoms with E-state index in [1.54, 1.807) is 0 Å². The average Bonchev–Trinajstić information content (AvgIpc) is 3.20. The van der Waals surface area contributed by atoms with Gasteiger partial charge >= 0.3 is 0 Å². The predicted molar refractivity (Wildman–Crippen MR) is 74.7 cm³/mol. The van der Waals surface area contributed by atoms with Crippen LogP contribution in [0.5, 0.6) is 0 Å². The number of aryl methyl sites for hydroxylation is 1. The Morgan fingerprint density at radius 2 is 1.89 bits per heavy atom. The van der Waals surface area contributed by atoms with Crippen molar-refractivity contribution in [1.29, 1.82) is 0 Å². The van der Waals surface area contributed by atoms with Gasteiger partial charge < -0.3 is 5.32 Å². The smallest absolute Gasteiger partial charge is 0.148 e. The molecular weight excluding hydrogens is 222 g/mol. The van der Waals surface area contributed by atoms with E-state index in [1.165, 1.54) is 12.8 Å². The van der Waals surface area contributed by atoms with Crippen LogP contribution in [-0.4, -0.2) is 16.5 Å². The maximum absolute atomic E-state index is 4.65. The van der Waals surface area contributed by atoms with E-state index in [1.807, 2.05) is 31.2 Å². The first-order valence-electron chi connectivity index (χ1n) is 6.71. The number of anilines is 1. The summed E-state index contributed by atoms with van der Waals surface area (Å²) in [6.07, 6.45) is 2.79. The van der Waals surface area contributed by atoms with Crippen molar-refractivity contribution in [3.05, 3.63) is 30.0 Å². The molecule has 0 bridgehead atoms. The van der Waals surface area contributed by atoms with Gasteiger partial charge in [-0.05, 0) is 43.7 Å². The molecular formula is C15H19N3. The van der Waals surface area contributed by atoms with Crippen LogP contribution in [0.4, 0.5) is 5.82 Å². The van der Waals surface area contributed by atoms with Crippen LogP contribution in [0.2, 0.25) is 0 Å². The van der Waals surface area contributed by atoms with E-state index in [-0.39, 0.29) is 0 Å². The first-order chi connectivity index (χ1) is 8.74. The summed E-state index contributed by atoms with van der Waals surface area (Å²) >= 11 is 0. The molecule has 94 valence electrons. The molecule has 3 heteroatoms. The maximum Gasteiger partial charge on any atom is 0.148 e. The lowest BCUT2D eigenvalue weighted by atomic mass is 10.1. The third kappa shape index (κ3) is 2.30. The SMILES string of the molecule is Cc1nc2ccccc2nc1NCC(C)C1CC1. The summed E-state index contributed by atoms with van der Waals surface area (Å²) in [5.74, 6) is 2.59. The van der Waals surface area contributed by atoms with E-state index in [2.05, 4.69) is 22.2 Å². The van der Waals surface area contributed by atoms with Gasteiger partial charge in [-0.15, -0.1) is 0 Å². The molecule has 1 aliphatic carbocycles. The Morgan fingerprint density at radius 3 is 2.56 bits per heavy atom. The van der Waals surface area contributed by atoms with Gasteiger partial charge in [-0.25, -0.2) is 9.97 Å². The van der Waals surface area contributed by atoms with Gasteiger partial charge in [0.2, 0.25) is 0 Å². The van der Waals surface area contributed by atoms with Gasteiger partial charge in [-0.1, -0.05) is 19.1 Å². The molecule has 1 aliphatic rings. The van der Waals surface area contributed by atoms with Gasteiger partial charge in [0.05, 0.1) is 16.7 Å². The van der Waals surface area contributed by atoms with E-state index in [4.69, 9.17) is 0 Å². The topological polar surface area (TPSA) is 37.8 Å². The highest BCUT2D eigenvalue weighted by molar-refractivity contribution is 5.76. The first kappa shape index (κ1) is 11.5. The highest BCUT2D eigenvalue weighted by atomic mass is 15.0. The second-order valence-electron chi connectivity index (χ2n) is 5.34. The Morgan fingerprint density at radius 1 is 1.22 bits per heavy atom. The van der Waals surface area contributed by atoms with Gasteiger partial charge in [0.25, 0.3) is 0 Å². The summed E-state index contributed by atoms with van der Waals surface area (Å²) in [4.78, 5) is 9.24. The molecule has 3 rings (SSSR count). The van der Waals surface area contributed by atoms with Crippen LogP contribution >= 0.6 is 0 Å². The van der Waals surface area contributed by atoms with Crippen LogP contribution in [-0.2, 0) is 0 Å². The quantitative estimate of drug-likeness (QED) is 0.891. The molecule has 1 aromatic carbocycles. The first-order valence-corrected chi connectivity index (χ1v) is 6.71. The minimum absolute atomic E-state index is 0.734. The lowest BCUT2D eigenvalue weighted by Crippen LogP contribution is -2.15. The van der Waals surface area contributed by atoms with Crippen molar-refractivity contribution in [2.75, 3.05) is 11.9 Å². The maximum atomic E-state index is 4.65. The van der Waals surface area contributed by atoms with Crippen LogP contribution in [0, 0.1) is 18.8 Å². The summed E-state index contributed by atoms with van der Waals surface area (Å²) in [5.41, 5.74) is 2.91. The van der Waals surface area contributed by atoms with E-state index >= 15 is 0 Å². The lowest BCUT2D eigenvalue weighted by Gasteiger charge is -2.13. The number of benzene rings is 1. The Bertz CT molecular complexity index is 561. The zero-order valence-electron chi connectivity index (χ0n) is 11.0. The van der Waals surface area contributed by atoms with E-state index in [0.29, 0.717) is 0 Å². The molecule has 0 amide bonds. The summed E-state index contributed by atoms with van der Waals surface area (Å²) in [5, 5.41) is 3.45. The largest absolute Gasteiger partial charge is 0.368 e. The molecule has 1 N–H and O–H groups in total. The fourth-order valence-electron chi connectivity index (χ4n) is 2.35. The number of para-hydroxylation sites is 2. The molecule has 0 radical (unpaired) electrons. The van der Waals surface area contributed by atoms with Crippen LogP contribution in [0.15, 0.2) is 24.3 Å². The molecule has 1 atom stereocenters. The van der Waals surface area contributed by atoms with Crippen molar-refractivity contribution in [2.24, 2.45) is 11.8 Å². The third-order valence-electron chi connectivity index (χ3n) is 3.76. The Labute approximate surface area is 108 Å². The number of rotatable bonds is 4. The Hall–Kier alpha value is -1.64. The standard InChI is InChI=1S/C15H19N3/c1-10(12-7-8-12)9-16-15-11(2)17-13-5-3-4-6-14(13)18-15/h3-6,10,12H,7-9H2,1-2H3,(H,16,18). The molecule has 0 aliphatic heterocycles. The predicted octanol–water partition coefficient (Wildman–Crippen LogP) is 3.40. The molecule has 0 saturated heterocycles. The molecule has 1 saturated carbocycles. The summed E-state index contributed by atoms with van der Waals surface area (Å²) in [6, 6.07) is 8.02. The number of aromatic nitrogens is 2. The van der Waals surface area contributed by atoms with Crippen molar-refractivity contribution in [3.8, 4) is 0 Å². The number of nitrogens with zero attached hydrogens (tertiary/aromatic N) is 2. The van der Waals surface area contributed by atoms with Crippen LogP contribution in [0.3, 0.4) is 0 Å². The minimum Gasteiger partial charge on any atom is -0.368 e. The normalized spacial score (nSPS) is 16.8. The van der Waals surface area contributed by atoms with Crippen molar-refractivity contribution in [1.82, 2.24) is 9.97 Å². The molecule has 1 unspecified atom stereocenters. The van der Waals surface area contributed by atoms with Crippen LogP contribution < -0.4 is 5.32 Å². The van der Waals surface area contributed by atoms with E-state index in [0.717, 1.165) is 40.9 Å². The minimum atomic E-state index is 0.734. The molecule has 1 heterocycles. The van der Waals surface area contributed by atoms with Gasteiger partial charge in [0.15, 0.2) is 0 Å². The molecule has 18 heavy (non-hydrogen) atoms. The molecule has 0 spiro atoms. The fraction of sp³-hybridized carbons (Fsp3) is 0.467. The Kier molecular flexibility index (Phi) is 2.90. The number of fused-ring (bicyclic) bond motifs is 1. The summed E-state index contributed by atoms with van der Waals surface area (Å²) in [6.45, 7) is 5.33. The second kappa shape index (κ2) is 4.56. The van der Waals surface area contributed by atoms with Crippen LogP contribution in [0.25, 0.3) is 11.0 Å². The van der Waals surface area contributed by atoms with Crippen molar-refractivity contribution in [3.63, 3.8) is 0 Å². The molecule has 1 aromatic heterocycles. The molecule has 3 nitrogen and oxygen atoms in total. The summed E-state index contributed by atoms with van der Waals surface area (Å²) in [7, 11) is 0. The summed E-state index contributed by atoms with van der Waals surface area (Å²) < 4.78 is 0. The average molecular weight is 241 g/mol. The van der Waals surface area contributed by atoms with Gasteiger partial charge in [0, 0.05) is 6.54 Å². The highest BCUT2D eigenvalue weighted by Crippen LogP contribution is 2.36. The van der Waals surface area contributed by atoms with Gasteiger partial charge in [0.1, 0.15) is 5.82 Å². The van der Waals surface area contributed by atoms with E-state index in [9.17, 15) is 0 Å². The zero-order chi connectivity index (χ0) is 12.5. The zero-order valence-corrected chi connectivity index (χ0v) is 11.0. The fourth-order valence-corrected chi connectivity index (χ4v) is 2.35. The molecule has 2 aromatic rings. The number of nitrogens with one attached hydrogen (secondary N) is 1. The monoisotopic (exact) mass is 241 g/mol. The second-order valence-corrected chi connectivity index (χ2v) is 5.34. The highest BCUT2D eigenvalue weighted by Gasteiger charge is 2.27. The van der Waals surface area contributed by atoms with Crippen molar-refractivity contribution >= 4 is 16.9 Å². The third-order valence-corrected chi connectivity index (χ3v) is 3.76. The lowest BCUT2D eigenvalue weighted by molar-refractivity contribution is 0.535.